The molecule has 2 aliphatic carbocycles. The fraction of sp³-hybridized carbons (Fsp3) is 0.591. The Morgan fingerprint density at radius 1 is 1.06 bits per heavy atom. The van der Waals surface area contributed by atoms with Crippen LogP contribution in [0, 0.1) is 0 Å². The minimum atomic E-state index is -3.47. The number of anilines is 1. The van der Waals surface area contributed by atoms with Gasteiger partial charge in [0.1, 0.15) is 5.82 Å². The lowest BCUT2D eigenvalue weighted by Crippen LogP contribution is -2.35. The van der Waals surface area contributed by atoms with E-state index in [4.69, 9.17) is 0 Å². The minimum absolute atomic E-state index is 0.139. The molecule has 1 aromatic carbocycles. The molecule has 2 heterocycles. The van der Waals surface area contributed by atoms with Crippen molar-refractivity contribution in [2.24, 2.45) is 0 Å². The number of nitrogens with one attached hydrogen (secondary N) is 1. The Kier molecular flexibility index (Phi) is 6.02. The average Bonchev–Trinajstić information content (AvgIpc) is 3.74. The van der Waals surface area contributed by atoms with E-state index >= 15 is 0 Å². The lowest BCUT2D eigenvalue weighted by Gasteiger charge is -2.25. The molecule has 2 aromatic rings. The molecule has 172 valence electrons. The van der Waals surface area contributed by atoms with Gasteiger partial charge in [0, 0.05) is 30.7 Å². The molecule has 1 saturated heterocycles. The van der Waals surface area contributed by atoms with Gasteiger partial charge in [0.05, 0.1) is 10.1 Å². The van der Waals surface area contributed by atoms with Gasteiger partial charge in [0.2, 0.25) is 15.9 Å². The number of rotatable bonds is 8. The van der Waals surface area contributed by atoms with Gasteiger partial charge in [-0.15, -0.1) is 10.2 Å². The third-order valence-electron chi connectivity index (χ3n) is 6.27. The minimum Gasteiger partial charge on any atom is -0.325 e. The number of aromatic nitrogens is 3. The summed E-state index contributed by atoms with van der Waals surface area (Å²) in [5.74, 6) is 1.47. The first-order valence-electron chi connectivity index (χ1n) is 11.5. The zero-order valence-electron chi connectivity index (χ0n) is 18.2. The standard InChI is InChI=1S/C22H29N5O3S2/c1-15(31-22-25-24-20(16-5-6-16)27(22)18-9-10-18)21(28)23-17-7-11-19(12-8-17)32(29,30)26-13-3-2-4-14-26/h7-8,11-12,15-16,18H,2-6,9-10,13-14H2,1H3,(H,23,28). The van der Waals surface area contributed by atoms with E-state index in [1.807, 2.05) is 6.92 Å². The number of carbonyl (C=O) groups is 1. The topological polar surface area (TPSA) is 97.2 Å². The molecule has 32 heavy (non-hydrogen) atoms. The molecule has 3 aliphatic rings. The Balaban J connectivity index is 1.22. The van der Waals surface area contributed by atoms with Crippen LogP contribution >= 0.6 is 11.8 Å². The number of nitrogens with zero attached hydrogens (tertiary/aromatic N) is 4. The summed E-state index contributed by atoms with van der Waals surface area (Å²) in [5.41, 5.74) is 0.586. The Labute approximate surface area is 193 Å². The zero-order valence-corrected chi connectivity index (χ0v) is 19.9. The summed E-state index contributed by atoms with van der Waals surface area (Å²) in [6.07, 6.45) is 7.53. The van der Waals surface area contributed by atoms with Crippen molar-refractivity contribution in [3.63, 3.8) is 0 Å². The summed E-state index contributed by atoms with van der Waals surface area (Å²) in [7, 11) is -3.47. The van der Waals surface area contributed by atoms with E-state index in [-0.39, 0.29) is 16.1 Å². The first kappa shape index (κ1) is 21.9. The Hall–Kier alpha value is -1.91. The van der Waals surface area contributed by atoms with Gasteiger partial charge in [0.15, 0.2) is 5.16 Å². The molecule has 2 saturated carbocycles. The third-order valence-corrected chi connectivity index (χ3v) is 9.24. The van der Waals surface area contributed by atoms with E-state index in [9.17, 15) is 13.2 Å². The molecule has 1 aromatic heterocycles. The molecule has 0 radical (unpaired) electrons. The van der Waals surface area contributed by atoms with E-state index in [1.54, 1.807) is 28.6 Å². The number of amides is 1. The van der Waals surface area contributed by atoms with Crippen LogP contribution in [-0.4, -0.2) is 51.7 Å². The van der Waals surface area contributed by atoms with Crippen LogP contribution in [0.4, 0.5) is 5.69 Å². The van der Waals surface area contributed by atoms with E-state index in [0.717, 1.165) is 43.1 Å². The molecule has 1 N–H and O–H groups in total. The molecule has 10 heteroatoms. The number of piperidine rings is 1. The van der Waals surface area contributed by atoms with E-state index in [1.165, 1.54) is 24.6 Å². The van der Waals surface area contributed by atoms with Crippen LogP contribution in [-0.2, 0) is 14.8 Å². The molecule has 1 unspecified atom stereocenters. The van der Waals surface area contributed by atoms with Crippen LogP contribution in [0.2, 0.25) is 0 Å². The molecule has 5 rings (SSSR count). The summed E-state index contributed by atoms with van der Waals surface area (Å²) in [6, 6.07) is 6.94. The van der Waals surface area contributed by atoms with Gasteiger partial charge in [0.25, 0.3) is 0 Å². The number of carbonyl (C=O) groups excluding carboxylic acids is 1. The Morgan fingerprint density at radius 2 is 1.75 bits per heavy atom. The van der Waals surface area contributed by atoms with Crippen LogP contribution in [0.15, 0.2) is 34.3 Å². The second kappa shape index (κ2) is 8.79. The molecule has 1 aliphatic heterocycles. The molecule has 3 fully saturated rings. The second-order valence-electron chi connectivity index (χ2n) is 8.95. The predicted molar refractivity (Wildman–Crippen MR) is 123 cm³/mol. The second-order valence-corrected chi connectivity index (χ2v) is 12.2. The maximum Gasteiger partial charge on any atom is 0.243 e. The zero-order chi connectivity index (χ0) is 22.3. The lowest BCUT2D eigenvalue weighted by atomic mass is 10.2. The highest BCUT2D eigenvalue weighted by atomic mass is 32.2. The quantitative estimate of drug-likeness (QED) is 0.584. The first-order valence-corrected chi connectivity index (χ1v) is 13.8. The van der Waals surface area contributed by atoms with Crippen molar-refractivity contribution in [1.29, 1.82) is 0 Å². The van der Waals surface area contributed by atoms with Crippen LogP contribution < -0.4 is 5.32 Å². The smallest absolute Gasteiger partial charge is 0.243 e. The van der Waals surface area contributed by atoms with Gasteiger partial charge in [-0.05, 0) is 69.7 Å². The van der Waals surface area contributed by atoms with Crippen LogP contribution in [0.1, 0.15) is 69.7 Å². The maximum atomic E-state index is 12.8. The van der Waals surface area contributed by atoms with Crippen LogP contribution in [0.25, 0.3) is 0 Å². The summed E-state index contributed by atoms with van der Waals surface area (Å²) in [4.78, 5) is 13.0. The summed E-state index contributed by atoms with van der Waals surface area (Å²) in [6.45, 7) is 3.00. The third kappa shape index (κ3) is 4.58. The van der Waals surface area contributed by atoms with Crippen molar-refractivity contribution in [2.45, 2.75) is 79.1 Å². The fourth-order valence-electron chi connectivity index (χ4n) is 4.08. The average molecular weight is 476 g/mol. The van der Waals surface area contributed by atoms with Crippen LogP contribution in [0.3, 0.4) is 0 Å². The number of sulfonamides is 1. The number of benzene rings is 1. The highest BCUT2D eigenvalue weighted by molar-refractivity contribution is 8.00. The van der Waals surface area contributed by atoms with Crippen molar-refractivity contribution in [2.75, 3.05) is 18.4 Å². The molecule has 1 amide bonds. The van der Waals surface area contributed by atoms with E-state index in [2.05, 4.69) is 20.1 Å². The largest absolute Gasteiger partial charge is 0.325 e. The molecule has 8 nitrogen and oxygen atoms in total. The highest BCUT2D eigenvalue weighted by Crippen LogP contribution is 2.46. The first-order chi connectivity index (χ1) is 15.4. The van der Waals surface area contributed by atoms with Crippen molar-refractivity contribution >= 4 is 33.4 Å². The molecule has 0 bridgehead atoms. The Morgan fingerprint density at radius 3 is 2.38 bits per heavy atom. The predicted octanol–water partition coefficient (Wildman–Crippen LogP) is 3.78. The van der Waals surface area contributed by atoms with Gasteiger partial charge in [-0.3, -0.25) is 4.79 Å². The maximum absolute atomic E-state index is 12.8. The van der Waals surface area contributed by atoms with Crippen molar-refractivity contribution in [3.05, 3.63) is 30.1 Å². The molecule has 0 spiro atoms. The van der Waals surface area contributed by atoms with Crippen molar-refractivity contribution in [3.8, 4) is 0 Å². The number of thioether (sulfide) groups is 1. The van der Waals surface area contributed by atoms with Gasteiger partial charge in [-0.1, -0.05) is 18.2 Å². The van der Waals surface area contributed by atoms with E-state index < -0.39 is 10.0 Å². The summed E-state index contributed by atoms with van der Waals surface area (Å²) < 4.78 is 29.4. The molecular weight excluding hydrogens is 446 g/mol. The summed E-state index contributed by atoms with van der Waals surface area (Å²) >= 11 is 1.43. The van der Waals surface area contributed by atoms with E-state index in [0.29, 0.717) is 30.7 Å². The number of hydrogen-bond acceptors (Lipinski definition) is 6. The van der Waals surface area contributed by atoms with Crippen molar-refractivity contribution < 1.29 is 13.2 Å². The fourth-order valence-corrected chi connectivity index (χ4v) is 6.53. The van der Waals surface area contributed by atoms with Gasteiger partial charge < -0.3 is 9.88 Å². The molecular formula is C22H29N5O3S2. The normalized spacial score (nSPS) is 20.8. The van der Waals surface area contributed by atoms with Gasteiger partial charge in [-0.25, -0.2) is 8.42 Å². The van der Waals surface area contributed by atoms with Crippen molar-refractivity contribution in [1.82, 2.24) is 19.1 Å². The number of hydrogen-bond donors (Lipinski definition) is 1. The van der Waals surface area contributed by atoms with Gasteiger partial charge >= 0.3 is 0 Å². The molecule has 1 atom stereocenters. The monoisotopic (exact) mass is 475 g/mol. The summed E-state index contributed by atoms with van der Waals surface area (Å²) in [5, 5.41) is 12.2. The van der Waals surface area contributed by atoms with Crippen LogP contribution in [0.5, 0.6) is 0 Å². The van der Waals surface area contributed by atoms with Gasteiger partial charge in [-0.2, -0.15) is 4.31 Å². The Bertz CT molecular complexity index is 1090. The highest BCUT2D eigenvalue weighted by Gasteiger charge is 2.37. The lowest BCUT2D eigenvalue weighted by molar-refractivity contribution is -0.115. The SMILES string of the molecule is CC(Sc1nnc(C2CC2)n1C1CC1)C(=O)Nc1ccc(S(=O)(=O)N2CCCCC2)cc1.